The van der Waals surface area contributed by atoms with Crippen LogP contribution in [0.2, 0.25) is 0 Å². The molecule has 10 nitrogen and oxygen atoms in total. The van der Waals surface area contributed by atoms with E-state index in [4.69, 9.17) is 17.6 Å². The molecule has 4 N–H and O–H groups in total. The van der Waals surface area contributed by atoms with Crippen LogP contribution in [-0.2, 0) is 20.7 Å². The number of carbonyl (C=O) groups is 3. The molecule has 236 valence electrons. The van der Waals surface area contributed by atoms with Crippen LogP contribution in [-0.4, -0.2) is 103 Å². The lowest BCUT2D eigenvalue weighted by atomic mass is 9.82. The number of likely N-dealkylation sites (N-methyl/N-ethyl adjacent to an activating group) is 2. The van der Waals surface area contributed by atoms with Crippen LogP contribution in [0.5, 0.6) is 0 Å². The molecule has 5 atom stereocenters. The van der Waals surface area contributed by atoms with Crippen molar-refractivity contribution >= 4 is 17.9 Å². The first-order valence-corrected chi connectivity index (χ1v) is 15.0. The molecule has 0 aliphatic heterocycles. The van der Waals surface area contributed by atoms with Crippen LogP contribution in [0.3, 0.4) is 0 Å². The highest BCUT2D eigenvalue weighted by molar-refractivity contribution is 5.90. The molecule has 0 bridgehead atoms. The second-order valence-corrected chi connectivity index (χ2v) is 11.6. The van der Waals surface area contributed by atoms with Crippen LogP contribution in [0.15, 0.2) is 30.3 Å². The van der Waals surface area contributed by atoms with E-state index in [-0.39, 0.29) is 25.2 Å². The Labute approximate surface area is 256 Å². The zero-order chi connectivity index (χ0) is 31.8. The van der Waals surface area contributed by atoms with Gasteiger partial charge in [-0.05, 0) is 32.0 Å². The topological polar surface area (TPSA) is 131 Å². The summed E-state index contributed by atoms with van der Waals surface area (Å²) < 4.78 is 5.63. The summed E-state index contributed by atoms with van der Waals surface area (Å²) >= 11 is 0. The van der Waals surface area contributed by atoms with Gasteiger partial charge in [0.2, 0.25) is 5.91 Å². The van der Waals surface area contributed by atoms with Gasteiger partial charge < -0.3 is 35.4 Å². The van der Waals surface area contributed by atoms with Crippen molar-refractivity contribution in [2.75, 3.05) is 34.2 Å². The van der Waals surface area contributed by atoms with Crippen molar-refractivity contribution in [3.63, 3.8) is 0 Å². The van der Waals surface area contributed by atoms with Crippen LogP contribution < -0.4 is 10.6 Å². The third-order valence-corrected chi connectivity index (χ3v) is 7.72. The summed E-state index contributed by atoms with van der Waals surface area (Å²) in [6.45, 7) is 0.999. The molecule has 0 spiro atoms. The SMILES string of the molecule is C#CCC(O)C(O)[C@H](CC1CCCCC1)NC(=O)[C@H](CC#C)NC(=O)[C@H](Cc1ccccc1)OC(=O)N(C)CCN(C)C. The van der Waals surface area contributed by atoms with E-state index in [0.717, 1.165) is 37.7 Å². The summed E-state index contributed by atoms with van der Waals surface area (Å²) in [6.07, 6.45) is 12.0. The van der Waals surface area contributed by atoms with E-state index in [1.807, 2.05) is 49.3 Å². The summed E-state index contributed by atoms with van der Waals surface area (Å²) in [6, 6.07) is 7.15. The van der Waals surface area contributed by atoms with E-state index in [0.29, 0.717) is 19.5 Å². The summed E-state index contributed by atoms with van der Waals surface area (Å²) in [5, 5.41) is 26.8. The highest BCUT2D eigenvalue weighted by Crippen LogP contribution is 2.28. The minimum absolute atomic E-state index is 0.0712. The molecule has 0 radical (unpaired) electrons. The fourth-order valence-electron chi connectivity index (χ4n) is 5.12. The van der Waals surface area contributed by atoms with E-state index < -0.39 is 48.3 Å². The molecule has 2 unspecified atom stereocenters. The van der Waals surface area contributed by atoms with Gasteiger partial charge in [0.15, 0.2) is 6.10 Å². The predicted octanol–water partition coefficient (Wildman–Crippen LogP) is 1.94. The van der Waals surface area contributed by atoms with Gasteiger partial charge in [-0.15, -0.1) is 24.7 Å². The molecule has 1 aliphatic rings. The van der Waals surface area contributed by atoms with Crippen molar-refractivity contribution in [2.45, 2.75) is 88.2 Å². The van der Waals surface area contributed by atoms with E-state index in [2.05, 4.69) is 22.5 Å². The minimum Gasteiger partial charge on any atom is -0.436 e. The van der Waals surface area contributed by atoms with E-state index in [1.54, 1.807) is 7.05 Å². The second kappa shape index (κ2) is 18.9. The summed E-state index contributed by atoms with van der Waals surface area (Å²) in [5.41, 5.74) is 0.766. The van der Waals surface area contributed by atoms with Gasteiger partial charge in [-0.25, -0.2) is 4.79 Å². The number of rotatable bonds is 16. The molecule has 0 heterocycles. The van der Waals surface area contributed by atoms with Crippen LogP contribution in [0.1, 0.15) is 56.9 Å². The first kappa shape index (κ1) is 35.6. The number of nitrogens with zero attached hydrogens (tertiary/aromatic N) is 2. The molecule has 10 heteroatoms. The Hall–Kier alpha value is -3.57. The highest BCUT2D eigenvalue weighted by atomic mass is 16.6. The molecule has 1 aliphatic carbocycles. The van der Waals surface area contributed by atoms with Crippen molar-refractivity contribution in [1.29, 1.82) is 0 Å². The van der Waals surface area contributed by atoms with Crippen LogP contribution in [0, 0.1) is 30.6 Å². The lowest BCUT2D eigenvalue weighted by Crippen LogP contribution is -2.56. The Bertz CT molecular complexity index is 1090. The Balaban J connectivity index is 2.20. The molecule has 0 saturated heterocycles. The third-order valence-electron chi connectivity index (χ3n) is 7.72. The van der Waals surface area contributed by atoms with Gasteiger partial charge in [0.1, 0.15) is 12.1 Å². The zero-order valence-corrected chi connectivity index (χ0v) is 25.7. The standard InChI is InChI=1S/C33H48N4O6/c1-6-14-26(31(40)35-27(30(39)28(38)15-7-2)22-24-16-10-8-11-17-24)34-32(41)29(23-25-18-12-9-13-19-25)43-33(42)37(5)21-20-36(3)4/h1-2,9,12-13,18-19,24,26-30,38-39H,8,10-11,14-17,20-23H2,3-5H3,(H,34,41)(H,35,40)/t26-,27-,28?,29-,30?/m0/s1. The Morgan fingerprint density at radius 3 is 2.21 bits per heavy atom. The van der Waals surface area contributed by atoms with Crippen molar-refractivity contribution in [1.82, 2.24) is 20.4 Å². The molecule has 1 aromatic rings. The number of benzene rings is 1. The number of aliphatic hydroxyl groups excluding tert-OH is 2. The van der Waals surface area contributed by atoms with E-state index >= 15 is 0 Å². The molecule has 0 aromatic heterocycles. The van der Waals surface area contributed by atoms with Gasteiger partial charge >= 0.3 is 6.09 Å². The fourth-order valence-corrected chi connectivity index (χ4v) is 5.12. The summed E-state index contributed by atoms with van der Waals surface area (Å²) in [5.74, 6) is 3.76. The molecule has 3 amide bonds. The normalized spacial score (nSPS) is 16.9. The molecular formula is C33H48N4O6. The Morgan fingerprint density at radius 1 is 0.953 bits per heavy atom. The number of hydrogen-bond acceptors (Lipinski definition) is 7. The van der Waals surface area contributed by atoms with Gasteiger partial charge in [0, 0.05) is 39.4 Å². The molecule has 1 aromatic carbocycles. The first-order chi connectivity index (χ1) is 20.5. The molecule has 43 heavy (non-hydrogen) atoms. The maximum Gasteiger partial charge on any atom is 0.410 e. The lowest BCUT2D eigenvalue weighted by molar-refractivity contribution is -0.135. The average Bonchev–Trinajstić information content (AvgIpc) is 2.99. The number of amides is 3. The maximum atomic E-state index is 13.5. The fraction of sp³-hybridized carbons (Fsp3) is 0.606. The lowest BCUT2D eigenvalue weighted by Gasteiger charge is -2.33. The van der Waals surface area contributed by atoms with Crippen LogP contribution in [0.4, 0.5) is 4.79 Å². The summed E-state index contributed by atoms with van der Waals surface area (Å²) in [7, 11) is 5.36. The summed E-state index contributed by atoms with van der Waals surface area (Å²) in [4.78, 5) is 43.2. The predicted molar refractivity (Wildman–Crippen MR) is 166 cm³/mol. The van der Waals surface area contributed by atoms with Gasteiger partial charge in [0.25, 0.3) is 5.91 Å². The largest absolute Gasteiger partial charge is 0.436 e. The van der Waals surface area contributed by atoms with Crippen molar-refractivity contribution in [3.05, 3.63) is 35.9 Å². The van der Waals surface area contributed by atoms with Crippen molar-refractivity contribution in [3.8, 4) is 24.7 Å². The van der Waals surface area contributed by atoms with Crippen LogP contribution >= 0.6 is 0 Å². The van der Waals surface area contributed by atoms with E-state index in [9.17, 15) is 24.6 Å². The number of carbonyl (C=O) groups excluding carboxylic acids is 3. The van der Waals surface area contributed by atoms with Crippen molar-refractivity contribution < 1.29 is 29.3 Å². The number of terminal acetylenes is 2. The van der Waals surface area contributed by atoms with E-state index in [1.165, 1.54) is 4.90 Å². The molecule has 2 rings (SSSR count). The maximum absolute atomic E-state index is 13.5. The number of aliphatic hydroxyl groups is 2. The minimum atomic E-state index is -1.30. The van der Waals surface area contributed by atoms with Gasteiger partial charge in [-0.1, -0.05) is 62.4 Å². The Kier molecular flexibility index (Phi) is 15.6. The molecule has 1 saturated carbocycles. The third kappa shape index (κ3) is 12.7. The molecule has 1 fully saturated rings. The van der Waals surface area contributed by atoms with Gasteiger partial charge in [-0.2, -0.15) is 0 Å². The Morgan fingerprint density at radius 2 is 1.60 bits per heavy atom. The zero-order valence-electron chi connectivity index (χ0n) is 25.7. The van der Waals surface area contributed by atoms with Gasteiger partial charge in [-0.3, -0.25) is 9.59 Å². The number of hydrogen-bond donors (Lipinski definition) is 4. The average molecular weight is 597 g/mol. The number of ether oxygens (including phenoxy) is 1. The first-order valence-electron chi connectivity index (χ1n) is 15.0. The monoisotopic (exact) mass is 596 g/mol. The van der Waals surface area contributed by atoms with Gasteiger partial charge in [0.05, 0.1) is 12.1 Å². The number of nitrogens with one attached hydrogen (secondary N) is 2. The highest BCUT2D eigenvalue weighted by Gasteiger charge is 2.34. The molecular weight excluding hydrogens is 548 g/mol. The smallest absolute Gasteiger partial charge is 0.410 e. The quantitative estimate of drug-likeness (QED) is 0.215. The van der Waals surface area contributed by atoms with Crippen LogP contribution in [0.25, 0.3) is 0 Å². The second-order valence-electron chi connectivity index (χ2n) is 11.6. The van der Waals surface area contributed by atoms with Crippen molar-refractivity contribution in [2.24, 2.45) is 5.92 Å².